The molecule has 0 N–H and O–H groups in total. The first-order chi connectivity index (χ1) is 6.43. The molecule has 0 bridgehead atoms. The number of hydrogen-bond donors (Lipinski definition) is 0. The number of ketones is 1. The third kappa shape index (κ3) is 1.95. The van der Waals surface area contributed by atoms with Crippen LogP contribution in [0, 0.1) is 15.9 Å². The molecule has 0 atom stereocenters. The molecule has 0 aliphatic rings. The predicted octanol–water partition coefficient (Wildman–Crippen LogP) is 2.70. The molecule has 14 heavy (non-hydrogen) atoms. The van der Waals surface area contributed by atoms with Crippen LogP contribution in [0.5, 0.6) is 0 Å². The Morgan fingerprint density at radius 3 is 2.57 bits per heavy atom. The van der Waals surface area contributed by atoms with Crippen LogP contribution in [-0.4, -0.2) is 10.7 Å². The molecule has 0 saturated carbocycles. The smallest absolute Gasteiger partial charge is 0.294 e. The number of nitro groups is 1. The molecule has 1 aromatic rings. The summed E-state index contributed by atoms with van der Waals surface area (Å²) in [7, 11) is 0. The van der Waals surface area contributed by atoms with Crippen LogP contribution in [0.4, 0.5) is 10.1 Å². The van der Waals surface area contributed by atoms with Gasteiger partial charge in [0.25, 0.3) is 0 Å². The van der Waals surface area contributed by atoms with Crippen LogP contribution in [0.3, 0.4) is 0 Å². The Morgan fingerprint density at radius 1 is 1.57 bits per heavy atom. The van der Waals surface area contributed by atoms with Gasteiger partial charge in [0.15, 0.2) is 5.78 Å². The molecule has 0 aliphatic heterocycles. The van der Waals surface area contributed by atoms with E-state index in [0.29, 0.717) is 4.47 Å². The van der Waals surface area contributed by atoms with Crippen molar-refractivity contribution in [3.8, 4) is 0 Å². The van der Waals surface area contributed by atoms with Gasteiger partial charge >= 0.3 is 5.69 Å². The number of halogens is 2. The van der Waals surface area contributed by atoms with E-state index >= 15 is 0 Å². The molecule has 0 heterocycles. The van der Waals surface area contributed by atoms with E-state index < -0.39 is 22.2 Å². The minimum atomic E-state index is -1.02. The minimum absolute atomic E-state index is 0.234. The van der Waals surface area contributed by atoms with E-state index in [1.807, 2.05) is 0 Å². The molecule has 0 spiro atoms. The van der Waals surface area contributed by atoms with E-state index in [1.54, 1.807) is 0 Å². The fourth-order valence-electron chi connectivity index (χ4n) is 1.02. The number of carbonyl (C=O) groups is 1. The monoisotopic (exact) mass is 261 g/mol. The number of carbonyl (C=O) groups excluding carboxylic acids is 1. The van der Waals surface area contributed by atoms with Gasteiger partial charge in [0.05, 0.1) is 10.5 Å². The summed E-state index contributed by atoms with van der Waals surface area (Å²) >= 11 is 2.95. The highest BCUT2D eigenvalue weighted by atomic mass is 79.9. The Morgan fingerprint density at radius 2 is 2.14 bits per heavy atom. The second-order valence-electron chi connectivity index (χ2n) is 2.60. The predicted molar refractivity (Wildman–Crippen MR) is 50.8 cm³/mol. The summed E-state index contributed by atoms with van der Waals surface area (Å²) in [5.74, 6) is -1.56. The molecule has 6 heteroatoms. The Hall–Kier alpha value is -1.30. The summed E-state index contributed by atoms with van der Waals surface area (Å²) in [5.41, 5.74) is -1.01. The van der Waals surface area contributed by atoms with Crippen LogP contribution in [0.25, 0.3) is 0 Å². The van der Waals surface area contributed by atoms with Crippen molar-refractivity contribution in [2.24, 2.45) is 0 Å². The van der Waals surface area contributed by atoms with Crippen LogP contribution in [0.1, 0.15) is 17.3 Å². The van der Waals surface area contributed by atoms with Gasteiger partial charge in [0.1, 0.15) is 0 Å². The second kappa shape index (κ2) is 3.83. The molecular formula is C8H5BrFNO3. The van der Waals surface area contributed by atoms with Gasteiger partial charge in [-0.1, -0.05) is 15.9 Å². The second-order valence-corrected chi connectivity index (χ2v) is 3.51. The number of benzene rings is 1. The fraction of sp³-hybridized carbons (Fsp3) is 0.125. The normalized spacial score (nSPS) is 9.93. The number of rotatable bonds is 2. The van der Waals surface area contributed by atoms with Crippen molar-refractivity contribution in [2.75, 3.05) is 0 Å². The lowest BCUT2D eigenvalue weighted by atomic mass is 10.1. The lowest BCUT2D eigenvalue weighted by Crippen LogP contribution is -2.02. The Balaban J connectivity index is 3.52. The summed E-state index contributed by atoms with van der Waals surface area (Å²) in [6.07, 6.45) is 0. The molecule has 0 unspecified atom stereocenters. The zero-order chi connectivity index (χ0) is 10.9. The average molecular weight is 262 g/mol. The molecule has 1 rings (SSSR count). The summed E-state index contributed by atoms with van der Waals surface area (Å²) in [4.78, 5) is 20.5. The van der Waals surface area contributed by atoms with Crippen molar-refractivity contribution >= 4 is 27.4 Å². The molecule has 0 aliphatic carbocycles. The Bertz CT molecular complexity index is 419. The summed E-state index contributed by atoms with van der Waals surface area (Å²) < 4.78 is 13.4. The highest BCUT2D eigenvalue weighted by Crippen LogP contribution is 2.27. The van der Waals surface area contributed by atoms with Crippen LogP contribution in [0.15, 0.2) is 16.6 Å². The number of nitro benzene ring substituents is 1. The largest absolute Gasteiger partial charge is 0.315 e. The van der Waals surface area contributed by atoms with Crippen molar-refractivity contribution in [2.45, 2.75) is 6.92 Å². The maximum Gasteiger partial charge on any atom is 0.315 e. The van der Waals surface area contributed by atoms with Gasteiger partial charge in [0, 0.05) is 4.47 Å². The van der Waals surface area contributed by atoms with Crippen LogP contribution in [-0.2, 0) is 0 Å². The van der Waals surface area contributed by atoms with E-state index in [9.17, 15) is 19.3 Å². The van der Waals surface area contributed by atoms with E-state index in [4.69, 9.17) is 0 Å². The Kier molecular flexibility index (Phi) is 2.95. The third-order valence-electron chi connectivity index (χ3n) is 1.59. The maximum atomic E-state index is 13.1. The van der Waals surface area contributed by atoms with E-state index in [-0.39, 0.29) is 5.56 Å². The van der Waals surface area contributed by atoms with E-state index in [2.05, 4.69) is 15.9 Å². The molecule has 0 amide bonds. The van der Waals surface area contributed by atoms with Crippen LogP contribution in [0.2, 0.25) is 0 Å². The van der Waals surface area contributed by atoms with Crippen LogP contribution >= 0.6 is 15.9 Å². The first-order valence-electron chi connectivity index (χ1n) is 3.58. The van der Waals surface area contributed by atoms with Gasteiger partial charge in [-0.25, -0.2) is 0 Å². The first-order valence-corrected chi connectivity index (χ1v) is 4.37. The highest BCUT2D eigenvalue weighted by molar-refractivity contribution is 9.10. The quantitative estimate of drug-likeness (QED) is 0.467. The van der Waals surface area contributed by atoms with Gasteiger partial charge in [-0.3, -0.25) is 14.9 Å². The fourth-order valence-corrected chi connectivity index (χ4v) is 1.45. The van der Waals surface area contributed by atoms with Crippen molar-refractivity contribution < 1.29 is 14.1 Å². The van der Waals surface area contributed by atoms with Crippen molar-refractivity contribution in [3.05, 3.63) is 38.1 Å². The maximum absolute atomic E-state index is 13.1. The molecule has 4 nitrogen and oxygen atoms in total. The zero-order valence-electron chi connectivity index (χ0n) is 7.08. The van der Waals surface area contributed by atoms with E-state index in [1.165, 1.54) is 6.07 Å². The van der Waals surface area contributed by atoms with Gasteiger partial charge in [0.2, 0.25) is 5.82 Å². The molecule has 0 saturated heterocycles. The number of nitrogens with zero attached hydrogens (tertiary/aromatic N) is 1. The molecule has 0 radical (unpaired) electrons. The van der Waals surface area contributed by atoms with Gasteiger partial charge in [-0.05, 0) is 19.1 Å². The standard InChI is InChI=1S/C8H5BrFNO3/c1-4(12)6-2-5(9)3-7(10)8(6)11(13)14/h2-3H,1H3. The molecule has 0 aromatic heterocycles. The summed E-state index contributed by atoms with van der Waals surface area (Å²) in [6.45, 7) is 1.15. The average Bonchev–Trinajstić information content (AvgIpc) is 2.01. The number of hydrogen-bond acceptors (Lipinski definition) is 3. The molecule has 0 fully saturated rings. The zero-order valence-corrected chi connectivity index (χ0v) is 8.67. The molecule has 1 aromatic carbocycles. The van der Waals surface area contributed by atoms with Gasteiger partial charge < -0.3 is 0 Å². The number of Topliss-reactive ketones (excluding diaryl/α,β-unsaturated/α-hetero) is 1. The molecular weight excluding hydrogens is 257 g/mol. The van der Waals surface area contributed by atoms with Crippen molar-refractivity contribution in [3.63, 3.8) is 0 Å². The summed E-state index contributed by atoms with van der Waals surface area (Å²) in [6, 6.07) is 2.17. The van der Waals surface area contributed by atoms with E-state index in [0.717, 1.165) is 13.0 Å². The molecule has 74 valence electrons. The van der Waals surface area contributed by atoms with Gasteiger partial charge in [-0.15, -0.1) is 0 Å². The highest BCUT2D eigenvalue weighted by Gasteiger charge is 2.23. The summed E-state index contributed by atoms with van der Waals surface area (Å²) in [5, 5.41) is 10.5. The third-order valence-corrected chi connectivity index (χ3v) is 2.05. The topological polar surface area (TPSA) is 60.2 Å². The van der Waals surface area contributed by atoms with Gasteiger partial charge in [-0.2, -0.15) is 4.39 Å². The Labute approximate surface area is 87.0 Å². The van der Waals surface area contributed by atoms with Crippen LogP contribution < -0.4 is 0 Å². The lowest BCUT2D eigenvalue weighted by molar-refractivity contribution is -0.387. The minimum Gasteiger partial charge on any atom is -0.294 e. The lowest BCUT2D eigenvalue weighted by Gasteiger charge is -2.00. The van der Waals surface area contributed by atoms with Crippen molar-refractivity contribution in [1.82, 2.24) is 0 Å². The van der Waals surface area contributed by atoms with Crippen molar-refractivity contribution in [1.29, 1.82) is 0 Å². The SMILES string of the molecule is CC(=O)c1cc(Br)cc(F)c1[N+](=O)[O-]. The first kappa shape index (κ1) is 10.8.